The molecular weight excluding hydrogens is 290 g/mol. The molecule has 1 amide bonds. The van der Waals surface area contributed by atoms with Gasteiger partial charge in [-0.1, -0.05) is 11.8 Å². The highest BCUT2D eigenvalue weighted by Gasteiger charge is 2.19. The van der Waals surface area contributed by atoms with Crippen molar-refractivity contribution in [1.29, 1.82) is 0 Å². The van der Waals surface area contributed by atoms with E-state index in [0.29, 0.717) is 22.5 Å². The number of aromatic nitrogens is 3. The first kappa shape index (κ1) is 14.2. The monoisotopic (exact) mass is 307 g/mol. The molecule has 0 aliphatic carbocycles. The predicted molar refractivity (Wildman–Crippen MR) is 78.9 cm³/mol. The number of nitrogens with one attached hydrogen (secondary N) is 1. The van der Waals surface area contributed by atoms with E-state index in [9.17, 15) is 4.79 Å². The maximum absolute atomic E-state index is 12.1. The maximum atomic E-state index is 12.1. The molecule has 0 spiro atoms. The molecular formula is C13H17N5O2S. The number of aromatic amines is 1. The molecule has 3 heterocycles. The van der Waals surface area contributed by atoms with E-state index in [1.54, 1.807) is 12.3 Å². The molecule has 0 radical (unpaired) electrons. The zero-order valence-corrected chi connectivity index (χ0v) is 12.6. The fraction of sp³-hybridized carbons (Fsp3) is 0.462. The number of thioether (sulfide) groups is 1. The second-order valence-corrected chi connectivity index (χ2v) is 5.86. The van der Waals surface area contributed by atoms with E-state index in [0.717, 1.165) is 26.2 Å². The zero-order valence-electron chi connectivity index (χ0n) is 11.8. The number of hydrogen-bond acceptors (Lipinski definition) is 6. The molecule has 0 saturated carbocycles. The first-order valence-corrected chi connectivity index (χ1v) is 7.76. The summed E-state index contributed by atoms with van der Waals surface area (Å²) in [6, 6.07) is 3.60. The van der Waals surface area contributed by atoms with Crippen LogP contribution in [-0.2, 0) is 4.79 Å². The molecule has 1 N–H and O–H groups in total. The average molecular weight is 307 g/mol. The van der Waals surface area contributed by atoms with Crippen molar-refractivity contribution in [1.82, 2.24) is 25.0 Å². The van der Waals surface area contributed by atoms with E-state index < -0.39 is 0 Å². The Morgan fingerprint density at radius 3 is 2.95 bits per heavy atom. The molecule has 0 bridgehead atoms. The van der Waals surface area contributed by atoms with Gasteiger partial charge in [0.15, 0.2) is 11.6 Å². The fourth-order valence-electron chi connectivity index (χ4n) is 2.11. The van der Waals surface area contributed by atoms with Gasteiger partial charge in [0.1, 0.15) is 0 Å². The Balaban J connectivity index is 1.52. The molecule has 1 saturated heterocycles. The molecule has 8 heteroatoms. The van der Waals surface area contributed by atoms with Crippen molar-refractivity contribution in [3.63, 3.8) is 0 Å². The van der Waals surface area contributed by atoms with Crippen molar-refractivity contribution in [3.05, 3.63) is 18.4 Å². The molecule has 0 aromatic carbocycles. The van der Waals surface area contributed by atoms with Gasteiger partial charge in [-0.05, 0) is 19.2 Å². The van der Waals surface area contributed by atoms with Crippen LogP contribution in [0.4, 0.5) is 0 Å². The molecule has 2 aromatic heterocycles. The maximum Gasteiger partial charge on any atom is 0.233 e. The van der Waals surface area contributed by atoms with Crippen molar-refractivity contribution in [2.75, 3.05) is 39.0 Å². The van der Waals surface area contributed by atoms with Crippen LogP contribution in [0.5, 0.6) is 0 Å². The minimum atomic E-state index is 0.137. The fourth-order valence-corrected chi connectivity index (χ4v) is 2.81. The topological polar surface area (TPSA) is 78.3 Å². The van der Waals surface area contributed by atoms with Gasteiger partial charge in [0.2, 0.25) is 11.1 Å². The molecule has 0 atom stereocenters. The van der Waals surface area contributed by atoms with Gasteiger partial charge in [0, 0.05) is 26.2 Å². The summed E-state index contributed by atoms with van der Waals surface area (Å²) in [6.45, 7) is 3.45. The highest BCUT2D eigenvalue weighted by molar-refractivity contribution is 7.99. The quantitative estimate of drug-likeness (QED) is 0.847. The van der Waals surface area contributed by atoms with Gasteiger partial charge in [0.25, 0.3) is 0 Å². The summed E-state index contributed by atoms with van der Waals surface area (Å²) in [5, 5.41) is 7.46. The molecule has 21 heavy (non-hydrogen) atoms. The van der Waals surface area contributed by atoms with Gasteiger partial charge < -0.3 is 14.2 Å². The Bertz CT molecular complexity index is 589. The smallest absolute Gasteiger partial charge is 0.233 e. The number of hydrogen-bond donors (Lipinski definition) is 1. The average Bonchev–Trinajstić information content (AvgIpc) is 3.16. The van der Waals surface area contributed by atoms with Gasteiger partial charge in [0.05, 0.1) is 12.0 Å². The predicted octanol–water partition coefficient (Wildman–Crippen LogP) is 0.931. The third kappa shape index (κ3) is 3.45. The van der Waals surface area contributed by atoms with Crippen molar-refractivity contribution in [2.45, 2.75) is 5.16 Å². The lowest BCUT2D eigenvalue weighted by atomic mass is 10.3. The van der Waals surface area contributed by atoms with Gasteiger partial charge >= 0.3 is 0 Å². The Morgan fingerprint density at radius 1 is 1.43 bits per heavy atom. The van der Waals surface area contributed by atoms with E-state index in [2.05, 4.69) is 27.1 Å². The minimum Gasteiger partial charge on any atom is -0.461 e. The number of amides is 1. The number of nitrogens with zero attached hydrogens (tertiary/aromatic N) is 4. The largest absolute Gasteiger partial charge is 0.461 e. The van der Waals surface area contributed by atoms with Crippen LogP contribution in [0.1, 0.15) is 0 Å². The van der Waals surface area contributed by atoms with Crippen molar-refractivity contribution >= 4 is 17.7 Å². The van der Waals surface area contributed by atoms with Crippen molar-refractivity contribution in [3.8, 4) is 11.6 Å². The zero-order chi connectivity index (χ0) is 14.7. The van der Waals surface area contributed by atoms with E-state index in [4.69, 9.17) is 4.42 Å². The van der Waals surface area contributed by atoms with Crippen molar-refractivity contribution < 1.29 is 9.21 Å². The van der Waals surface area contributed by atoms with Gasteiger partial charge in [-0.25, -0.2) is 0 Å². The molecule has 0 unspecified atom stereocenters. The van der Waals surface area contributed by atoms with Crippen molar-refractivity contribution in [2.24, 2.45) is 0 Å². The SMILES string of the molecule is CN1CCN(C(=O)CSc2n[nH]c(-c3ccco3)n2)CC1. The van der Waals surface area contributed by atoms with Crippen LogP contribution in [-0.4, -0.2) is 69.9 Å². The van der Waals surface area contributed by atoms with E-state index in [-0.39, 0.29) is 5.91 Å². The normalized spacial score (nSPS) is 16.3. The lowest BCUT2D eigenvalue weighted by molar-refractivity contribution is -0.129. The number of piperazine rings is 1. The number of likely N-dealkylation sites (N-methyl/N-ethyl adjacent to an activating group) is 1. The van der Waals surface area contributed by atoms with Crippen LogP contribution in [0.2, 0.25) is 0 Å². The summed E-state index contributed by atoms with van der Waals surface area (Å²) in [6.07, 6.45) is 1.58. The van der Waals surface area contributed by atoms with Crippen LogP contribution in [0.3, 0.4) is 0 Å². The summed E-state index contributed by atoms with van der Waals surface area (Å²) in [5.41, 5.74) is 0. The van der Waals surface area contributed by atoms with Gasteiger partial charge in [-0.2, -0.15) is 4.98 Å². The first-order chi connectivity index (χ1) is 10.2. The van der Waals surface area contributed by atoms with E-state index >= 15 is 0 Å². The van der Waals surface area contributed by atoms with Crippen LogP contribution < -0.4 is 0 Å². The number of carbonyl (C=O) groups excluding carboxylic acids is 1. The lowest BCUT2D eigenvalue weighted by Gasteiger charge is -2.32. The number of H-pyrrole nitrogens is 1. The third-order valence-electron chi connectivity index (χ3n) is 3.40. The summed E-state index contributed by atoms with van der Waals surface area (Å²) < 4.78 is 5.24. The summed E-state index contributed by atoms with van der Waals surface area (Å²) in [4.78, 5) is 20.5. The number of carbonyl (C=O) groups is 1. The van der Waals surface area contributed by atoms with Gasteiger partial charge in [-0.3, -0.25) is 9.89 Å². The highest BCUT2D eigenvalue weighted by atomic mass is 32.2. The van der Waals surface area contributed by atoms with E-state index in [1.165, 1.54) is 11.8 Å². The molecule has 7 nitrogen and oxygen atoms in total. The minimum absolute atomic E-state index is 0.137. The molecule has 1 aliphatic rings. The van der Waals surface area contributed by atoms with Gasteiger partial charge in [-0.15, -0.1) is 5.10 Å². The molecule has 1 aliphatic heterocycles. The molecule has 112 valence electrons. The highest BCUT2D eigenvalue weighted by Crippen LogP contribution is 2.19. The van der Waals surface area contributed by atoms with Crippen LogP contribution in [0, 0.1) is 0 Å². The third-order valence-corrected chi connectivity index (χ3v) is 4.23. The summed E-state index contributed by atoms with van der Waals surface area (Å²) >= 11 is 1.34. The molecule has 2 aromatic rings. The Morgan fingerprint density at radius 2 is 2.24 bits per heavy atom. The number of rotatable bonds is 4. The standard InChI is InChI=1S/C13H17N5O2S/c1-17-4-6-18(7-5-17)11(19)9-21-13-14-12(15-16-13)10-3-2-8-20-10/h2-3,8H,4-7,9H2,1H3,(H,14,15,16). The summed E-state index contributed by atoms with van der Waals surface area (Å²) in [5.74, 6) is 1.71. The molecule has 1 fully saturated rings. The molecule has 3 rings (SSSR count). The summed E-state index contributed by atoms with van der Waals surface area (Å²) in [7, 11) is 2.07. The Hall–Kier alpha value is -1.80. The van der Waals surface area contributed by atoms with Crippen LogP contribution in [0.25, 0.3) is 11.6 Å². The Labute approximate surface area is 126 Å². The van der Waals surface area contributed by atoms with Crippen LogP contribution in [0.15, 0.2) is 28.0 Å². The second kappa shape index (κ2) is 6.31. The first-order valence-electron chi connectivity index (χ1n) is 6.78. The van der Waals surface area contributed by atoms with E-state index in [1.807, 2.05) is 11.0 Å². The lowest BCUT2D eigenvalue weighted by Crippen LogP contribution is -2.47. The Kier molecular flexibility index (Phi) is 4.26. The second-order valence-electron chi connectivity index (χ2n) is 4.92. The van der Waals surface area contributed by atoms with Crippen LogP contribution >= 0.6 is 11.8 Å². The number of furan rings is 1.